The van der Waals surface area contributed by atoms with Crippen LogP contribution in [0, 0.1) is 0 Å². The molecule has 1 aliphatic rings. The molecule has 0 aromatic carbocycles. The lowest BCUT2D eigenvalue weighted by Gasteiger charge is -2.20. The number of nitrogens with zero attached hydrogens (tertiary/aromatic N) is 1. The molecule has 0 aliphatic carbocycles. The van der Waals surface area contributed by atoms with Crippen molar-refractivity contribution in [3.8, 4) is 0 Å². The van der Waals surface area contributed by atoms with Crippen molar-refractivity contribution >= 4 is 11.8 Å². The van der Waals surface area contributed by atoms with Crippen LogP contribution in [0.25, 0.3) is 0 Å². The fourth-order valence-corrected chi connectivity index (χ4v) is 1.54. The monoisotopic (exact) mass is 215 g/mol. The van der Waals surface area contributed by atoms with Crippen LogP contribution in [0.2, 0.25) is 0 Å². The summed E-state index contributed by atoms with van der Waals surface area (Å²) in [6.45, 7) is 0.480. The number of aliphatic hydroxyl groups is 1. The summed E-state index contributed by atoms with van der Waals surface area (Å²) in [6.07, 6.45) is -0.0518. The Morgan fingerprint density at radius 3 is 2.73 bits per heavy atom. The molecule has 2 unspecified atom stereocenters. The molecule has 6 heteroatoms. The second kappa shape index (κ2) is 5.09. The Morgan fingerprint density at radius 1 is 1.60 bits per heavy atom. The smallest absolute Gasteiger partial charge is 0.240 e. The molecule has 1 rings (SSSR count). The zero-order chi connectivity index (χ0) is 11.4. The van der Waals surface area contributed by atoms with Crippen molar-refractivity contribution in [1.29, 1.82) is 0 Å². The Bertz CT molecular complexity index is 257. The van der Waals surface area contributed by atoms with Crippen LogP contribution in [0.1, 0.15) is 6.42 Å². The molecule has 0 radical (unpaired) electrons. The Morgan fingerprint density at radius 2 is 2.27 bits per heavy atom. The molecule has 0 aromatic rings. The minimum atomic E-state index is -0.465. The lowest BCUT2D eigenvalue weighted by atomic mass is 10.2. The first-order chi connectivity index (χ1) is 7.04. The first kappa shape index (κ1) is 11.9. The van der Waals surface area contributed by atoms with Crippen LogP contribution in [0.3, 0.4) is 0 Å². The molecule has 2 amide bonds. The van der Waals surface area contributed by atoms with Crippen LogP contribution in [0.5, 0.6) is 0 Å². The summed E-state index contributed by atoms with van der Waals surface area (Å²) in [6, 6.07) is -0.366. The van der Waals surface area contributed by atoms with Crippen molar-refractivity contribution in [3.05, 3.63) is 0 Å². The van der Waals surface area contributed by atoms with Gasteiger partial charge in [0.05, 0.1) is 18.7 Å². The van der Waals surface area contributed by atoms with E-state index in [1.807, 2.05) is 0 Å². The highest BCUT2D eigenvalue weighted by atomic mass is 16.3. The summed E-state index contributed by atoms with van der Waals surface area (Å²) in [5.41, 5.74) is 0. The fourth-order valence-electron chi connectivity index (χ4n) is 1.54. The zero-order valence-electron chi connectivity index (χ0n) is 8.99. The van der Waals surface area contributed by atoms with E-state index in [1.54, 1.807) is 7.05 Å². The van der Waals surface area contributed by atoms with Crippen LogP contribution in [-0.4, -0.2) is 61.2 Å². The second-order valence-corrected chi connectivity index (χ2v) is 3.72. The highest BCUT2D eigenvalue weighted by molar-refractivity contribution is 5.87. The average Bonchev–Trinajstić information content (AvgIpc) is 2.63. The highest BCUT2D eigenvalue weighted by Gasteiger charge is 2.30. The van der Waals surface area contributed by atoms with Gasteiger partial charge < -0.3 is 20.6 Å². The van der Waals surface area contributed by atoms with Crippen LogP contribution in [-0.2, 0) is 9.59 Å². The van der Waals surface area contributed by atoms with Gasteiger partial charge in [0.15, 0.2) is 0 Å². The van der Waals surface area contributed by atoms with Crippen molar-refractivity contribution in [1.82, 2.24) is 15.5 Å². The maximum atomic E-state index is 11.7. The number of hydrogen-bond donors (Lipinski definition) is 3. The van der Waals surface area contributed by atoms with E-state index in [4.69, 9.17) is 0 Å². The molecule has 3 N–H and O–H groups in total. The van der Waals surface area contributed by atoms with E-state index in [2.05, 4.69) is 10.6 Å². The molecule has 1 aliphatic heterocycles. The average molecular weight is 215 g/mol. The largest absolute Gasteiger partial charge is 0.392 e. The predicted octanol–water partition coefficient (Wildman–Crippen LogP) is -2.09. The number of hydrogen-bond acceptors (Lipinski definition) is 4. The molecule has 1 fully saturated rings. The number of carbonyl (C=O) groups excluding carboxylic acids is 2. The third-order valence-corrected chi connectivity index (χ3v) is 2.44. The minimum Gasteiger partial charge on any atom is -0.392 e. The van der Waals surface area contributed by atoms with Gasteiger partial charge in [-0.05, 0) is 6.42 Å². The third kappa shape index (κ3) is 3.17. The second-order valence-electron chi connectivity index (χ2n) is 3.72. The number of nitrogens with one attached hydrogen (secondary N) is 2. The van der Waals surface area contributed by atoms with E-state index in [1.165, 1.54) is 11.9 Å². The Labute approximate surface area is 88.6 Å². The molecule has 6 nitrogen and oxygen atoms in total. The lowest BCUT2D eigenvalue weighted by molar-refractivity contribution is -0.136. The quantitative estimate of drug-likeness (QED) is 0.504. The number of likely N-dealkylation sites (N-methyl/N-ethyl adjacent to an activating group) is 2. The molecule has 15 heavy (non-hydrogen) atoms. The van der Waals surface area contributed by atoms with E-state index >= 15 is 0 Å². The van der Waals surface area contributed by atoms with Gasteiger partial charge in [0.2, 0.25) is 11.8 Å². The van der Waals surface area contributed by atoms with E-state index < -0.39 is 6.10 Å². The summed E-state index contributed by atoms with van der Waals surface area (Å²) >= 11 is 0. The van der Waals surface area contributed by atoms with Gasteiger partial charge in [-0.1, -0.05) is 0 Å². The van der Waals surface area contributed by atoms with Gasteiger partial charge in [-0.3, -0.25) is 9.59 Å². The molecule has 1 heterocycles. The summed E-state index contributed by atoms with van der Waals surface area (Å²) in [5, 5.41) is 14.6. The van der Waals surface area contributed by atoms with Gasteiger partial charge in [-0.2, -0.15) is 0 Å². The number of β-amino-alcohol motifs (C(OH)–C–C–N with tert-alkyl or cyclic N) is 1. The normalized spacial score (nSPS) is 25.0. The number of amides is 2. The highest BCUT2D eigenvalue weighted by Crippen LogP contribution is 2.08. The maximum Gasteiger partial charge on any atom is 0.240 e. The number of aliphatic hydroxyl groups excluding tert-OH is 1. The topological polar surface area (TPSA) is 81.7 Å². The van der Waals surface area contributed by atoms with E-state index in [-0.39, 0.29) is 24.4 Å². The Balaban J connectivity index is 2.42. The van der Waals surface area contributed by atoms with Gasteiger partial charge >= 0.3 is 0 Å². The molecular weight excluding hydrogens is 198 g/mol. The number of carbonyl (C=O) groups is 2. The number of rotatable bonds is 3. The van der Waals surface area contributed by atoms with Gasteiger partial charge in [-0.15, -0.1) is 0 Å². The first-order valence-electron chi connectivity index (χ1n) is 4.91. The van der Waals surface area contributed by atoms with Crippen molar-refractivity contribution in [2.45, 2.75) is 18.6 Å². The summed E-state index contributed by atoms with van der Waals surface area (Å²) in [4.78, 5) is 24.1. The predicted molar refractivity (Wildman–Crippen MR) is 54.1 cm³/mol. The van der Waals surface area contributed by atoms with E-state index in [0.29, 0.717) is 13.0 Å². The molecule has 0 bridgehead atoms. The lowest BCUT2D eigenvalue weighted by Crippen LogP contribution is -2.45. The molecule has 0 saturated carbocycles. The van der Waals surface area contributed by atoms with Crippen molar-refractivity contribution < 1.29 is 14.7 Å². The SMILES string of the molecule is CNC(=O)CN(C)C(=O)C1CC(O)CN1. The van der Waals surface area contributed by atoms with Gasteiger partial charge in [0, 0.05) is 20.6 Å². The van der Waals surface area contributed by atoms with Crippen LogP contribution < -0.4 is 10.6 Å². The van der Waals surface area contributed by atoms with Crippen molar-refractivity contribution in [2.75, 3.05) is 27.2 Å². The first-order valence-corrected chi connectivity index (χ1v) is 4.91. The van der Waals surface area contributed by atoms with E-state index in [9.17, 15) is 14.7 Å². The standard InChI is InChI=1S/C9H17N3O3/c1-10-8(14)5-12(2)9(15)7-3-6(13)4-11-7/h6-7,11,13H,3-5H2,1-2H3,(H,10,14). The molecule has 0 spiro atoms. The fraction of sp³-hybridized carbons (Fsp3) is 0.778. The van der Waals surface area contributed by atoms with E-state index in [0.717, 1.165) is 0 Å². The van der Waals surface area contributed by atoms with Gasteiger partial charge in [-0.25, -0.2) is 0 Å². The van der Waals surface area contributed by atoms with Gasteiger partial charge in [0.1, 0.15) is 0 Å². The summed E-state index contributed by atoms with van der Waals surface area (Å²) < 4.78 is 0. The Hall–Kier alpha value is -1.14. The Kier molecular flexibility index (Phi) is 4.05. The third-order valence-electron chi connectivity index (χ3n) is 2.44. The molecule has 86 valence electrons. The summed E-state index contributed by atoms with van der Waals surface area (Å²) in [7, 11) is 3.10. The molecule has 1 saturated heterocycles. The molecular formula is C9H17N3O3. The van der Waals surface area contributed by atoms with Crippen LogP contribution in [0.15, 0.2) is 0 Å². The van der Waals surface area contributed by atoms with Crippen molar-refractivity contribution in [3.63, 3.8) is 0 Å². The van der Waals surface area contributed by atoms with Crippen LogP contribution in [0.4, 0.5) is 0 Å². The van der Waals surface area contributed by atoms with Crippen molar-refractivity contribution in [2.24, 2.45) is 0 Å². The van der Waals surface area contributed by atoms with Crippen LogP contribution >= 0.6 is 0 Å². The zero-order valence-corrected chi connectivity index (χ0v) is 8.99. The van der Waals surface area contributed by atoms with Gasteiger partial charge in [0.25, 0.3) is 0 Å². The molecule has 2 atom stereocenters. The maximum absolute atomic E-state index is 11.7. The summed E-state index contributed by atoms with van der Waals surface area (Å²) in [5.74, 6) is -0.362. The minimum absolute atomic E-state index is 0.0452. The molecule has 0 aromatic heterocycles.